The molecule has 0 radical (unpaired) electrons. The molecule has 11 heteroatoms. The minimum absolute atomic E-state index is 0. The van der Waals surface area contributed by atoms with Crippen LogP contribution in [-0.2, 0) is 15.2 Å². The minimum atomic E-state index is -5.17. The molecule has 0 aliphatic rings. The zero-order valence-electron chi connectivity index (χ0n) is 9.25. The molecule has 8 nitrogen and oxygen atoms in total. The van der Waals surface area contributed by atoms with Crippen molar-refractivity contribution in [2.45, 2.75) is 18.9 Å². The average molecular weight is 306 g/mol. The van der Waals surface area contributed by atoms with Crippen molar-refractivity contribution in [2.24, 2.45) is 11.5 Å². The third kappa shape index (κ3) is 36.0. The van der Waals surface area contributed by atoms with E-state index in [2.05, 4.69) is 0 Å². The van der Waals surface area contributed by atoms with Gasteiger partial charge in [-0.05, 0) is 19.4 Å². The number of carboxylic acid groups (broad SMARTS) is 1. The standard InChI is InChI=1S/C5H12N2O2.2K.H2O4S/c6-3-1-2-4(7)5(8)9;;;1-5(2,3)4/h4H,1-3,6-7H2,(H,8,9);;;(H2,1,2,3,4)/q;2*+1;/p-2/t4-;;;/m0.../s1. The van der Waals surface area contributed by atoms with Gasteiger partial charge in [-0.25, -0.2) is 0 Å². The Balaban J connectivity index is -0.0000000904. The van der Waals surface area contributed by atoms with E-state index in [-0.39, 0.29) is 103 Å². The van der Waals surface area contributed by atoms with Crippen LogP contribution in [0.25, 0.3) is 0 Å². The summed E-state index contributed by atoms with van der Waals surface area (Å²) in [6, 6.07) is -0.742. The number of hydrogen-bond donors (Lipinski definition) is 3. The van der Waals surface area contributed by atoms with Gasteiger partial charge >= 0.3 is 109 Å². The van der Waals surface area contributed by atoms with Crippen LogP contribution in [0.2, 0.25) is 0 Å². The fraction of sp³-hybridized carbons (Fsp3) is 0.800. The largest absolute Gasteiger partial charge is 1.00 e. The molecule has 0 aromatic carbocycles. The zero-order chi connectivity index (χ0) is 11.8. The van der Waals surface area contributed by atoms with E-state index in [0.717, 1.165) is 0 Å². The Kier molecular flexibility index (Phi) is 26.3. The number of aliphatic carboxylic acids is 1. The van der Waals surface area contributed by atoms with E-state index in [9.17, 15) is 4.79 Å². The Morgan fingerprint density at radius 2 is 1.62 bits per heavy atom. The van der Waals surface area contributed by atoms with Gasteiger partial charge in [0.15, 0.2) is 0 Å². The number of carboxylic acids is 1. The molecule has 0 aliphatic heterocycles. The second-order valence-electron chi connectivity index (χ2n) is 2.28. The second kappa shape index (κ2) is 15.6. The number of carbonyl (C=O) groups is 1. The number of rotatable bonds is 4. The molecule has 0 saturated heterocycles. The number of nitrogens with two attached hydrogens (primary N) is 2. The van der Waals surface area contributed by atoms with E-state index < -0.39 is 22.4 Å². The molecule has 0 aromatic heterocycles. The monoisotopic (exact) mass is 306 g/mol. The molecule has 0 rings (SSSR count). The summed E-state index contributed by atoms with van der Waals surface area (Å²) in [4.78, 5) is 10.0. The van der Waals surface area contributed by atoms with Crippen LogP contribution in [0.1, 0.15) is 12.8 Å². The molecule has 0 saturated carbocycles. The molecule has 0 amide bonds. The first-order valence-corrected chi connectivity index (χ1v) is 4.87. The third-order valence-corrected chi connectivity index (χ3v) is 1.04. The molecule has 5 N–H and O–H groups in total. The van der Waals surface area contributed by atoms with Crippen molar-refractivity contribution in [2.75, 3.05) is 6.54 Å². The van der Waals surface area contributed by atoms with Gasteiger partial charge in [-0.2, -0.15) is 0 Å². The van der Waals surface area contributed by atoms with Gasteiger partial charge in [0.1, 0.15) is 6.04 Å². The molecule has 0 aliphatic carbocycles. The van der Waals surface area contributed by atoms with Crippen molar-refractivity contribution in [3.8, 4) is 0 Å². The summed E-state index contributed by atoms with van der Waals surface area (Å²) >= 11 is 0. The maximum Gasteiger partial charge on any atom is 1.00 e. The summed E-state index contributed by atoms with van der Waals surface area (Å²) in [5.74, 6) is -0.955. The first-order chi connectivity index (χ1) is 6.18. The number of hydrogen-bond acceptors (Lipinski definition) is 7. The van der Waals surface area contributed by atoms with Gasteiger partial charge in [-0.1, -0.05) is 0 Å². The summed E-state index contributed by atoms with van der Waals surface area (Å²) in [6.07, 6.45) is 1.14. The van der Waals surface area contributed by atoms with Crippen molar-refractivity contribution in [3.05, 3.63) is 0 Å². The SMILES string of the molecule is NCCC[C@H](N)C(=O)O.O=S(=O)([O-])[O-].[K+].[K+]. The first kappa shape index (κ1) is 27.0. The van der Waals surface area contributed by atoms with Crippen LogP contribution in [0.15, 0.2) is 0 Å². The van der Waals surface area contributed by atoms with E-state index in [4.69, 9.17) is 34.1 Å². The van der Waals surface area contributed by atoms with E-state index in [1.807, 2.05) is 0 Å². The fourth-order valence-corrected chi connectivity index (χ4v) is 0.461. The molecular formula is C5H12K2N2O6S. The van der Waals surface area contributed by atoms with Crippen molar-refractivity contribution in [1.82, 2.24) is 0 Å². The Morgan fingerprint density at radius 3 is 1.81 bits per heavy atom. The Bertz CT molecular complexity index is 252. The molecule has 16 heavy (non-hydrogen) atoms. The minimum Gasteiger partial charge on any atom is -0.759 e. The van der Waals surface area contributed by atoms with Crippen molar-refractivity contribution >= 4 is 16.4 Å². The molecule has 0 unspecified atom stereocenters. The molecular weight excluding hydrogens is 294 g/mol. The second-order valence-corrected chi connectivity index (χ2v) is 3.10. The van der Waals surface area contributed by atoms with Crippen LogP contribution in [-0.4, -0.2) is 41.2 Å². The quantitative estimate of drug-likeness (QED) is 0.261. The predicted molar refractivity (Wildman–Crippen MR) is 44.4 cm³/mol. The van der Waals surface area contributed by atoms with Crippen LogP contribution in [0.5, 0.6) is 0 Å². The summed E-state index contributed by atoms with van der Waals surface area (Å²) in [5.41, 5.74) is 10.3. The summed E-state index contributed by atoms with van der Waals surface area (Å²) in [5, 5.41) is 8.24. The van der Waals surface area contributed by atoms with E-state index in [0.29, 0.717) is 19.4 Å². The molecule has 0 fully saturated rings. The van der Waals surface area contributed by atoms with Gasteiger partial charge in [-0.15, -0.1) is 0 Å². The Hall–Kier alpha value is 2.53. The van der Waals surface area contributed by atoms with Gasteiger partial charge in [0, 0.05) is 10.4 Å². The smallest absolute Gasteiger partial charge is 0.759 e. The summed E-state index contributed by atoms with van der Waals surface area (Å²) in [7, 11) is -5.17. The van der Waals surface area contributed by atoms with Gasteiger partial charge in [0.25, 0.3) is 0 Å². The van der Waals surface area contributed by atoms with Crippen LogP contribution in [0.4, 0.5) is 0 Å². The predicted octanol–water partition coefficient (Wildman–Crippen LogP) is -8.19. The maximum absolute atomic E-state index is 10.0. The molecule has 0 heterocycles. The Morgan fingerprint density at radius 1 is 1.31 bits per heavy atom. The first-order valence-electron chi connectivity index (χ1n) is 3.53. The van der Waals surface area contributed by atoms with Crippen molar-refractivity contribution in [1.29, 1.82) is 0 Å². The summed E-state index contributed by atoms with van der Waals surface area (Å²) < 4.78 is 34.1. The van der Waals surface area contributed by atoms with Crippen molar-refractivity contribution in [3.63, 3.8) is 0 Å². The van der Waals surface area contributed by atoms with Gasteiger partial charge in [-0.3, -0.25) is 13.2 Å². The van der Waals surface area contributed by atoms with Gasteiger partial charge < -0.3 is 25.7 Å². The van der Waals surface area contributed by atoms with E-state index in [1.165, 1.54) is 0 Å². The molecule has 0 bridgehead atoms. The van der Waals surface area contributed by atoms with Crippen LogP contribution in [0, 0.1) is 0 Å². The molecule has 0 aromatic rings. The maximum atomic E-state index is 10.0. The normalized spacial score (nSPS) is 11.0. The summed E-state index contributed by atoms with van der Waals surface area (Å²) in [6.45, 7) is 0.501. The molecule has 86 valence electrons. The van der Waals surface area contributed by atoms with Gasteiger partial charge in [0.2, 0.25) is 0 Å². The molecule has 1 atom stereocenters. The zero-order valence-corrected chi connectivity index (χ0v) is 16.3. The topological polar surface area (TPSA) is 170 Å². The van der Waals surface area contributed by atoms with E-state index in [1.54, 1.807) is 0 Å². The third-order valence-electron chi connectivity index (χ3n) is 1.04. The average Bonchev–Trinajstić information content (AvgIpc) is 1.96. The Labute approximate surface area is 179 Å². The van der Waals surface area contributed by atoms with E-state index >= 15 is 0 Å². The fourth-order valence-electron chi connectivity index (χ4n) is 0.461. The van der Waals surface area contributed by atoms with Crippen LogP contribution in [0.3, 0.4) is 0 Å². The molecule has 0 spiro atoms. The van der Waals surface area contributed by atoms with Crippen LogP contribution < -0.4 is 114 Å². The van der Waals surface area contributed by atoms with Crippen LogP contribution >= 0.6 is 0 Å². The van der Waals surface area contributed by atoms with Gasteiger partial charge in [0.05, 0.1) is 0 Å². The van der Waals surface area contributed by atoms with Crippen molar-refractivity contribution < 1.29 is 130 Å².